The van der Waals surface area contributed by atoms with Gasteiger partial charge < -0.3 is 10.2 Å². The Balaban J connectivity index is 1.86. The molecular formula is C12H22N2O. The van der Waals surface area contributed by atoms with Crippen LogP contribution >= 0.6 is 0 Å². The van der Waals surface area contributed by atoms with E-state index in [0.29, 0.717) is 18.0 Å². The van der Waals surface area contributed by atoms with Crippen LogP contribution in [0, 0.1) is 0 Å². The highest BCUT2D eigenvalue weighted by atomic mass is 16.2. The predicted octanol–water partition coefficient (Wildman–Crippen LogP) is 1.53. The zero-order valence-corrected chi connectivity index (χ0v) is 9.67. The maximum Gasteiger partial charge on any atom is 0.222 e. The van der Waals surface area contributed by atoms with E-state index in [1.807, 2.05) is 7.05 Å². The molecule has 1 N–H and O–H groups in total. The van der Waals surface area contributed by atoms with Crippen LogP contribution in [0.3, 0.4) is 0 Å². The molecule has 2 rings (SSSR count). The van der Waals surface area contributed by atoms with Crippen molar-refractivity contribution < 1.29 is 4.79 Å². The molecule has 1 amide bonds. The molecule has 0 aromatic carbocycles. The fourth-order valence-electron chi connectivity index (χ4n) is 2.89. The number of carbonyl (C=O) groups is 1. The van der Waals surface area contributed by atoms with Gasteiger partial charge >= 0.3 is 0 Å². The van der Waals surface area contributed by atoms with Gasteiger partial charge in [0.05, 0.1) is 0 Å². The van der Waals surface area contributed by atoms with Gasteiger partial charge in [0.25, 0.3) is 0 Å². The van der Waals surface area contributed by atoms with Gasteiger partial charge in [-0.3, -0.25) is 4.79 Å². The molecule has 2 aliphatic rings. The van der Waals surface area contributed by atoms with E-state index < -0.39 is 0 Å². The molecule has 1 aliphatic heterocycles. The number of hydrogen-bond donors (Lipinski definition) is 1. The van der Waals surface area contributed by atoms with Crippen LogP contribution in [0.4, 0.5) is 0 Å². The third-order valence-corrected chi connectivity index (χ3v) is 3.91. The summed E-state index contributed by atoms with van der Waals surface area (Å²) in [6.07, 6.45) is 7.93. The minimum atomic E-state index is 0.397. The summed E-state index contributed by atoms with van der Waals surface area (Å²) in [5.74, 6) is 0.397. The monoisotopic (exact) mass is 210 g/mol. The summed E-state index contributed by atoms with van der Waals surface area (Å²) in [5, 5.41) is 3.34. The van der Waals surface area contributed by atoms with Crippen molar-refractivity contribution in [2.24, 2.45) is 0 Å². The Labute approximate surface area is 92.2 Å². The largest absolute Gasteiger partial charge is 0.340 e. The number of likely N-dealkylation sites (tertiary alicyclic amines) is 1. The minimum absolute atomic E-state index is 0.397. The maximum absolute atomic E-state index is 11.8. The molecule has 1 aliphatic carbocycles. The Morgan fingerprint density at radius 3 is 2.53 bits per heavy atom. The normalized spacial score (nSPS) is 33.1. The summed E-state index contributed by atoms with van der Waals surface area (Å²) in [5.41, 5.74) is 0. The topological polar surface area (TPSA) is 32.3 Å². The Hall–Kier alpha value is -0.570. The van der Waals surface area contributed by atoms with Gasteiger partial charge in [-0.2, -0.15) is 0 Å². The number of nitrogens with one attached hydrogen (secondary N) is 1. The van der Waals surface area contributed by atoms with E-state index in [-0.39, 0.29) is 0 Å². The molecule has 0 aromatic rings. The van der Waals surface area contributed by atoms with Gasteiger partial charge in [0, 0.05) is 25.0 Å². The molecule has 0 aromatic heterocycles. The maximum atomic E-state index is 11.8. The number of piperidine rings is 1. The van der Waals surface area contributed by atoms with Crippen LogP contribution in [0.15, 0.2) is 0 Å². The smallest absolute Gasteiger partial charge is 0.222 e. The van der Waals surface area contributed by atoms with Gasteiger partial charge in [-0.25, -0.2) is 0 Å². The number of hydrogen-bond acceptors (Lipinski definition) is 2. The summed E-state index contributed by atoms with van der Waals surface area (Å²) < 4.78 is 0. The zero-order valence-electron chi connectivity index (χ0n) is 9.67. The summed E-state index contributed by atoms with van der Waals surface area (Å²) in [4.78, 5) is 13.9. The number of rotatable bonds is 2. The van der Waals surface area contributed by atoms with Gasteiger partial charge in [-0.15, -0.1) is 0 Å². The third kappa shape index (κ3) is 2.51. The lowest BCUT2D eigenvalue weighted by molar-refractivity contribution is -0.136. The van der Waals surface area contributed by atoms with Crippen LogP contribution < -0.4 is 5.32 Å². The fourth-order valence-corrected chi connectivity index (χ4v) is 2.89. The molecule has 0 unspecified atom stereocenters. The molecule has 3 nitrogen and oxygen atoms in total. The van der Waals surface area contributed by atoms with Crippen molar-refractivity contribution in [1.82, 2.24) is 10.2 Å². The van der Waals surface area contributed by atoms with Crippen LogP contribution in [0.5, 0.6) is 0 Å². The van der Waals surface area contributed by atoms with Gasteiger partial charge in [-0.05, 0) is 45.6 Å². The summed E-state index contributed by atoms with van der Waals surface area (Å²) in [6.45, 7) is 1.01. The molecule has 2 fully saturated rings. The average Bonchev–Trinajstić information content (AvgIpc) is 2.30. The van der Waals surface area contributed by atoms with E-state index in [9.17, 15) is 4.79 Å². The standard InChI is InChI=1S/C12H22N2O/c1-13-10-5-7-11(8-6-10)14-9-3-2-4-12(14)15/h10-11,13H,2-9H2,1H3. The first-order valence-electron chi connectivity index (χ1n) is 6.28. The predicted molar refractivity (Wildman–Crippen MR) is 60.7 cm³/mol. The van der Waals surface area contributed by atoms with E-state index in [1.165, 1.54) is 32.1 Å². The fraction of sp³-hybridized carbons (Fsp3) is 0.917. The molecule has 1 saturated heterocycles. The van der Waals surface area contributed by atoms with Crippen LogP contribution in [0.1, 0.15) is 44.9 Å². The van der Waals surface area contributed by atoms with Crippen molar-refractivity contribution in [2.75, 3.05) is 13.6 Å². The first kappa shape index (κ1) is 10.9. The van der Waals surface area contributed by atoms with Crippen LogP contribution in [0.2, 0.25) is 0 Å². The molecule has 1 heterocycles. The molecule has 15 heavy (non-hydrogen) atoms. The highest BCUT2D eigenvalue weighted by Crippen LogP contribution is 2.25. The molecule has 3 heteroatoms. The van der Waals surface area contributed by atoms with Crippen molar-refractivity contribution in [3.8, 4) is 0 Å². The molecule has 86 valence electrons. The van der Waals surface area contributed by atoms with Crippen molar-refractivity contribution in [3.63, 3.8) is 0 Å². The zero-order chi connectivity index (χ0) is 10.7. The number of amides is 1. The summed E-state index contributed by atoms with van der Waals surface area (Å²) in [7, 11) is 2.04. The van der Waals surface area contributed by atoms with E-state index in [0.717, 1.165) is 19.4 Å². The van der Waals surface area contributed by atoms with Crippen molar-refractivity contribution in [2.45, 2.75) is 57.0 Å². The lowest BCUT2D eigenvalue weighted by Crippen LogP contribution is -2.46. The van der Waals surface area contributed by atoms with Crippen molar-refractivity contribution in [1.29, 1.82) is 0 Å². The molecule has 1 saturated carbocycles. The highest BCUT2D eigenvalue weighted by Gasteiger charge is 2.29. The lowest BCUT2D eigenvalue weighted by Gasteiger charge is -2.38. The van der Waals surface area contributed by atoms with E-state index >= 15 is 0 Å². The SMILES string of the molecule is CNC1CCC(N2CCCCC2=O)CC1. The second kappa shape index (κ2) is 4.97. The molecule has 0 atom stereocenters. The third-order valence-electron chi connectivity index (χ3n) is 3.91. The first-order chi connectivity index (χ1) is 7.31. The van der Waals surface area contributed by atoms with Gasteiger partial charge in [0.2, 0.25) is 5.91 Å². The van der Waals surface area contributed by atoms with Gasteiger partial charge in [-0.1, -0.05) is 0 Å². The van der Waals surface area contributed by atoms with Crippen LogP contribution in [-0.2, 0) is 4.79 Å². The number of nitrogens with zero attached hydrogens (tertiary/aromatic N) is 1. The Morgan fingerprint density at radius 1 is 1.20 bits per heavy atom. The van der Waals surface area contributed by atoms with Crippen molar-refractivity contribution >= 4 is 5.91 Å². The summed E-state index contributed by atoms with van der Waals surface area (Å²) >= 11 is 0. The van der Waals surface area contributed by atoms with Crippen LogP contribution in [0.25, 0.3) is 0 Å². The Bertz CT molecular complexity index is 222. The molecule has 0 bridgehead atoms. The quantitative estimate of drug-likeness (QED) is 0.749. The van der Waals surface area contributed by atoms with E-state index in [1.54, 1.807) is 0 Å². The Kier molecular flexibility index (Phi) is 3.62. The molecule has 0 radical (unpaired) electrons. The molecular weight excluding hydrogens is 188 g/mol. The number of carbonyl (C=O) groups excluding carboxylic acids is 1. The van der Waals surface area contributed by atoms with Gasteiger partial charge in [0.1, 0.15) is 0 Å². The van der Waals surface area contributed by atoms with E-state index in [2.05, 4.69) is 10.2 Å². The first-order valence-corrected chi connectivity index (χ1v) is 6.28. The van der Waals surface area contributed by atoms with E-state index in [4.69, 9.17) is 0 Å². The highest BCUT2D eigenvalue weighted by molar-refractivity contribution is 5.77. The van der Waals surface area contributed by atoms with Gasteiger partial charge in [0.15, 0.2) is 0 Å². The molecule has 0 spiro atoms. The second-order valence-electron chi connectivity index (χ2n) is 4.84. The van der Waals surface area contributed by atoms with Crippen LogP contribution in [-0.4, -0.2) is 36.5 Å². The lowest BCUT2D eigenvalue weighted by atomic mass is 9.89. The summed E-state index contributed by atoms with van der Waals surface area (Å²) in [6, 6.07) is 1.23. The average molecular weight is 210 g/mol. The van der Waals surface area contributed by atoms with Crippen molar-refractivity contribution in [3.05, 3.63) is 0 Å². The Morgan fingerprint density at radius 2 is 1.93 bits per heavy atom. The second-order valence-corrected chi connectivity index (χ2v) is 4.84. The minimum Gasteiger partial charge on any atom is -0.340 e.